The molecule has 0 aliphatic carbocycles. The normalized spacial score (nSPS) is 11.9. The van der Waals surface area contributed by atoms with E-state index in [1.807, 2.05) is 20.8 Å². The Kier molecular flexibility index (Phi) is 6.86. The van der Waals surface area contributed by atoms with Crippen LogP contribution in [0.1, 0.15) is 50.0 Å². The second kappa shape index (κ2) is 9.40. The van der Waals surface area contributed by atoms with Gasteiger partial charge < -0.3 is 4.42 Å². The van der Waals surface area contributed by atoms with E-state index in [1.54, 1.807) is 24.0 Å². The van der Waals surface area contributed by atoms with Crippen LogP contribution in [-0.4, -0.2) is 52.2 Å². The van der Waals surface area contributed by atoms with Crippen LogP contribution < -0.4 is 5.32 Å². The zero-order chi connectivity index (χ0) is 22.6. The van der Waals surface area contributed by atoms with Crippen LogP contribution in [0.25, 0.3) is 11.6 Å². The van der Waals surface area contributed by atoms with Gasteiger partial charge in [-0.05, 0) is 50.6 Å². The van der Waals surface area contributed by atoms with Crippen molar-refractivity contribution in [3.8, 4) is 11.6 Å². The molecule has 0 saturated heterocycles. The van der Waals surface area contributed by atoms with Crippen LogP contribution in [0.5, 0.6) is 0 Å². The summed E-state index contributed by atoms with van der Waals surface area (Å²) in [6, 6.07) is 7.50. The van der Waals surface area contributed by atoms with E-state index in [1.165, 1.54) is 28.6 Å². The van der Waals surface area contributed by atoms with Crippen molar-refractivity contribution in [3.63, 3.8) is 0 Å². The van der Waals surface area contributed by atoms with E-state index in [4.69, 9.17) is 4.42 Å². The van der Waals surface area contributed by atoms with Crippen molar-refractivity contribution in [2.75, 3.05) is 18.9 Å². The molecule has 10 nitrogen and oxygen atoms in total. The van der Waals surface area contributed by atoms with Crippen molar-refractivity contribution in [1.29, 1.82) is 0 Å². The van der Waals surface area contributed by atoms with Gasteiger partial charge in [0.1, 0.15) is 5.69 Å². The summed E-state index contributed by atoms with van der Waals surface area (Å²) < 4.78 is 33.8. The van der Waals surface area contributed by atoms with Gasteiger partial charge in [-0.2, -0.15) is 5.10 Å². The predicted molar refractivity (Wildman–Crippen MR) is 115 cm³/mol. The van der Waals surface area contributed by atoms with Crippen LogP contribution in [0.15, 0.2) is 45.8 Å². The molecule has 1 aromatic carbocycles. The fourth-order valence-corrected chi connectivity index (χ4v) is 4.11. The number of carbonyl (C=O) groups excluding carboxylic acids is 1. The van der Waals surface area contributed by atoms with Gasteiger partial charge in [0.05, 0.1) is 4.90 Å². The van der Waals surface area contributed by atoms with E-state index in [9.17, 15) is 13.2 Å². The van der Waals surface area contributed by atoms with E-state index in [-0.39, 0.29) is 28.4 Å². The van der Waals surface area contributed by atoms with Crippen molar-refractivity contribution < 1.29 is 17.6 Å². The molecule has 0 bridgehead atoms. The topological polar surface area (TPSA) is 123 Å². The monoisotopic (exact) mass is 446 g/mol. The number of unbranched alkanes of at least 4 members (excludes halogenated alkanes) is 1. The van der Waals surface area contributed by atoms with Crippen LogP contribution >= 0.6 is 0 Å². The van der Waals surface area contributed by atoms with Gasteiger partial charge in [0, 0.05) is 31.4 Å². The number of hydrogen-bond donors (Lipinski definition) is 1. The first-order valence-electron chi connectivity index (χ1n) is 9.99. The summed E-state index contributed by atoms with van der Waals surface area (Å²) in [5, 5.41) is 14.6. The molecule has 0 unspecified atom stereocenters. The minimum Gasteiger partial charge on any atom is -0.401 e. The van der Waals surface area contributed by atoms with E-state index >= 15 is 0 Å². The lowest BCUT2D eigenvalue weighted by Crippen LogP contribution is -2.28. The molecule has 3 aromatic rings. The van der Waals surface area contributed by atoms with Crippen molar-refractivity contribution in [2.45, 2.75) is 44.6 Å². The van der Waals surface area contributed by atoms with E-state index in [2.05, 4.69) is 20.6 Å². The summed E-state index contributed by atoms with van der Waals surface area (Å²) in [6.45, 7) is 6.39. The number of carbonyl (C=O) groups is 1. The fraction of sp³-hybridized carbons (Fsp3) is 0.400. The molecule has 0 radical (unpaired) electrons. The molecule has 1 amide bonds. The average molecular weight is 447 g/mol. The van der Waals surface area contributed by atoms with Gasteiger partial charge in [0.15, 0.2) is 0 Å². The Bertz CT molecular complexity index is 1130. The maximum Gasteiger partial charge on any atom is 0.322 e. The number of amides is 1. The highest BCUT2D eigenvalue weighted by atomic mass is 32.2. The molecule has 0 aliphatic heterocycles. The third-order valence-corrected chi connectivity index (χ3v) is 6.55. The number of hydrogen-bond acceptors (Lipinski definition) is 7. The summed E-state index contributed by atoms with van der Waals surface area (Å²) >= 11 is 0. The molecule has 0 aliphatic rings. The maximum absolute atomic E-state index is 12.6. The Morgan fingerprint density at radius 3 is 2.55 bits per heavy atom. The van der Waals surface area contributed by atoms with Crippen molar-refractivity contribution in [2.24, 2.45) is 0 Å². The molecule has 0 fully saturated rings. The SMILES string of the molecule is CCCCN(C)S(=O)(=O)c1ccc(C(=O)Nc2nnc(-c3ccnn3C(C)C)o2)cc1. The van der Waals surface area contributed by atoms with Crippen molar-refractivity contribution >= 4 is 21.9 Å². The first-order chi connectivity index (χ1) is 14.7. The second-order valence-corrected chi connectivity index (χ2v) is 9.37. The third-order valence-electron chi connectivity index (χ3n) is 4.68. The number of nitrogens with zero attached hydrogens (tertiary/aromatic N) is 5. The molecule has 166 valence electrons. The third kappa shape index (κ3) is 5.00. The number of aromatic nitrogens is 4. The largest absolute Gasteiger partial charge is 0.401 e. The molecular formula is C20H26N6O4S. The van der Waals surface area contributed by atoms with Gasteiger partial charge in [-0.1, -0.05) is 18.4 Å². The van der Waals surface area contributed by atoms with Gasteiger partial charge in [-0.25, -0.2) is 12.7 Å². The highest BCUT2D eigenvalue weighted by molar-refractivity contribution is 7.89. The first kappa shape index (κ1) is 22.6. The summed E-state index contributed by atoms with van der Waals surface area (Å²) in [4.78, 5) is 12.6. The molecule has 1 N–H and O–H groups in total. The van der Waals surface area contributed by atoms with Gasteiger partial charge in [0.25, 0.3) is 11.8 Å². The maximum atomic E-state index is 12.6. The van der Waals surface area contributed by atoms with Crippen molar-refractivity contribution in [1.82, 2.24) is 24.3 Å². The number of rotatable bonds is 9. The number of benzene rings is 1. The summed E-state index contributed by atoms with van der Waals surface area (Å²) in [6.07, 6.45) is 3.31. The Labute approximate surface area is 181 Å². The summed E-state index contributed by atoms with van der Waals surface area (Å²) in [7, 11) is -2.05. The minimum absolute atomic E-state index is 0.0625. The van der Waals surface area contributed by atoms with Crippen LogP contribution in [0.2, 0.25) is 0 Å². The van der Waals surface area contributed by atoms with Crippen LogP contribution in [-0.2, 0) is 10.0 Å². The smallest absolute Gasteiger partial charge is 0.322 e. The fourth-order valence-electron chi connectivity index (χ4n) is 2.90. The number of nitrogens with one attached hydrogen (secondary N) is 1. The molecule has 3 rings (SSSR count). The Morgan fingerprint density at radius 1 is 1.19 bits per heavy atom. The number of sulfonamides is 1. The summed E-state index contributed by atoms with van der Waals surface area (Å²) in [5.74, 6) is -0.256. The van der Waals surface area contributed by atoms with E-state index in [0.717, 1.165) is 12.8 Å². The summed E-state index contributed by atoms with van der Waals surface area (Å²) in [5.41, 5.74) is 0.909. The second-order valence-electron chi connectivity index (χ2n) is 7.33. The first-order valence-corrected chi connectivity index (χ1v) is 11.4. The van der Waals surface area contributed by atoms with Crippen LogP contribution in [0.4, 0.5) is 6.01 Å². The Balaban J connectivity index is 1.71. The lowest BCUT2D eigenvalue weighted by molar-refractivity contribution is 0.102. The molecule has 31 heavy (non-hydrogen) atoms. The molecule has 0 saturated carbocycles. The lowest BCUT2D eigenvalue weighted by atomic mass is 10.2. The highest BCUT2D eigenvalue weighted by Gasteiger charge is 2.21. The molecule has 0 spiro atoms. The zero-order valence-electron chi connectivity index (χ0n) is 17.9. The predicted octanol–water partition coefficient (Wildman–Crippen LogP) is 3.19. The quantitative estimate of drug-likeness (QED) is 0.535. The molecule has 11 heteroatoms. The average Bonchev–Trinajstić information content (AvgIpc) is 3.41. The Morgan fingerprint density at radius 2 is 1.90 bits per heavy atom. The number of anilines is 1. The van der Waals surface area contributed by atoms with Crippen LogP contribution in [0, 0.1) is 0 Å². The lowest BCUT2D eigenvalue weighted by Gasteiger charge is -2.16. The van der Waals surface area contributed by atoms with E-state index in [0.29, 0.717) is 12.2 Å². The Hall–Kier alpha value is -3.05. The molecule has 2 heterocycles. The van der Waals surface area contributed by atoms with Gasteiger partial charge in [0.2, 0.25) is 10.0 Å². The standard InChI is InChI=1S/C20H26N6O4S/c1-5-6-13-25(4)31(28,29)16-9-7-15(8-10-16)18(27)22-20-24-23-19(30-20)17-11-12-21-26(17)14(2)3/h7-12,14H,5-6,13H2,1-4H3,(H,22,24,27). The van der Waals surface area contributed by atoms with Crippen molar-refractivity contribution in [3.05, 3.63) is 42.1 Å². The molecule has 0 atom stereocenters. The zero-order valence-corrected chi connectivity index (χ0v) is 18.8. The van der Waals surface area contributed by atoms with Gasteiger partial charge >= 0.3 is 6.01 Å². The molecule has 2 aromatic heterocycles. The van der Waals surface area contributed by atoms with Gasteiger partial charge in [-0.3, -0.25) is 14.8 Å². The van der Waals surface area contributed by atoms with Crippen LogP contribution in [0.3, 0.4) is 0 Å². The highest BCUT2D eigenvalue weighted by Crippen LogP contribution is 2.23. The molecular weight excluding hydrogens is 420 g/mol. The van der Waals surface area contributed by atoms with Gasteiger partial charge in [-0.15, -0.1) is 5.10 Å². The van der Waals surface area contributed by atoms with E-state index < -0.39 is 15.9 Å². The minimum atomic E-state index is -3.59.